The lowest BCUT2D eigenvalue weighted by Crippen LogP contribution is -2.39. The molecule has 13 heteroatoms. The van der Waals surface area contributed by atoms with E-state index in [1.807, 2.05) is 0 Å². The molecule has 0 aromatic rings. The zero-order chi connectivity index (χ0) is 12.5. The third-order valence-electron chi connectivity index (χ3n) is 1.05. The van der Waals surface area contributed by atoms with Gasteiger partial charge >= 0.3 is 20.6 Å². The fraction of sp³-hybridized carbons (Fsp3) is 1.00. The summed E-state index contributed by atoms with van der Waals surface area (Å²) in [5, 5.41) is 0. The van der Waals surface area contributed by atoms with E-state index in [0.29, 0.717) is 0 Å². The molecule has 0 fully saturated rings. The van der Waals surface area contributed by atoms with Crippen LogP contribution in [0.15, 0.2) is 0 Å². The van der Waals surface area contributed by atoms with Crippen LogP contribution >= 0.6 is 0 Å². The molecule has 0 aliphatic rings. The smallest absolute Gasteiger partial charge is 0.286 e. The third-order valence-corrected chi connectivity index (χ3v) is 4.27. The molecule has 0 amide bonds. The van der Waals surface area contributed by atoms with Gasteiger partial charge in [-0.3, -0.25) is 13.7 Å². The Kier molecular flexibility index (Phi) is 4.19. The van der Waals surface area contributed by atoms with Crippen LogP contribution in [0, 0.1) is 0 Å². The lowest BCUT2D eigenvalue weighted by atomic mass is 10.8. The van der Waals surface area contributed by atoms with Crippen LogP contribution in [0.2, 0.25) is 0 Å². The predicted octanol–water partition coefficient (Wildman–Crippen LogP) is -2.22. The van der Waals surface area contributed by atoms with Crippen molar-refractivity contribution in [2.24, 2.45) is 0 Å². The van der Waals surface area contributed by atoms with E-state index >= 15 is 0 Å². The molecule has 0 aliphatic heterocycles. The zero-order valence-electron chi connectivity index (χ0n) is 6.88. The van der Waals surface area contributed by atoms with Gasteiger partial charge in [-0.2, -0.15) is 25.3 Å². The molecule has 15 heavy (non-hydrogen) atoms. The molecule has 0 radical (unpaired) electrons. The summed E-state index contributed by atoms with van der Waals surface area (Å²) in [5.74, 6) is -1.30. The summed E-state index contributed by atoms with van der Waals surface area (Å²) in [6.45, 7) is -1.34. The number of hydrogen-bond acceptors (Lipinski definition) is 6. The first-order valence-electron chi connectivity index (χ1n) is 3.02. The maximum Gasteiger partial charge on any atom is 0.351 e. The van der Waals surface area contributed by atoms with Gasteiger partial charge in [0, 0.05) is 0 Å². The van der Waals surface area contributed by atoms with Crippen molar-refractivity contribution in [1.29, 1.82) is 0 Å². The van der Waals surface area contributed by atoms with Crippen molar-refractivity contribution in [2.75, 3.05) is 12.3 Å². The summed E-state index contributed by atoms with van der Waals surface area (Å²) in [5.41, 5.74) is 0. The first-order chi connectivity index (χ1) is 6.34. The van der Waals surface area contributed by atoms with Crippen LogP contribution in [-0.2, 0) is 30.7 Å². The molecule has 92 valence electrons. The van der Waals surface area contributed by atoms with Gasteiger partial charge in [0.1, 0.15) is 0 Å². The van der Waals surface area contributed by atoms with E-state index in [9.17, 15) is 25.3 Å². The van der Waals surface area contributed by atoms with Gasteiger partial charge in [0.25, 0.3) is 10.1 Å². The first-order valence-corrected chi connectivity index (χ1v) is 7.42. The van der Waals surface area contributed by atoms with Gasteiger partial charge < -0.3 is 0 Å². The highest BCUT2D eigenvalue weighted by Gasteiger charge is 2.31. The Morgan fingerprint density at radius 2 is 1.13 bits per heavy atom. The average Bonchev–Trinajstić information content (AvgIpc) is 1.75. The zero-order valence-corrected chi connectivity index (χ0v) is 9.33. The number of hydrogen-bond donors (Lipinski definition) is 3. The van der Waals surface area contributed by atoms with E-state index in [2.05, 4.69) is 0 Å². The van der Waals surface area contributed by atoms with Crippen LogP contribution in [0.25, 0.3) is 0 Å². The molecule has 0 aliphatic carbocycles. The van der Waals surface area contributed by atoms with E-state index < -0.39 is 46.7 Å². The Labute approximate surface area is 86.0 Å². The average molecular weight is 285 g/mol. The molecule has 0 rings (SSSR count). The molecule has 0 heterocycles. The second kappa shape index (κ2) is 4.28. The van der Waals surface area contributed by atoms with Gasteiger partial charge in [0.2, 0.25) is 0 Å². The van der Waals surface area contributed by atoms with Gasteiger partial charge in [-0.1, -0.05) is 0 Å². The van der Waals surface area contributed by atoms with Crippen molar-refractivity contribution in [3.05, 3.63) is 0 Å². The molecule has 0 aromatic heterocycles. The Morgan fingerprint density at radius 3 is 1.33 bits per heavy atom. The Bertz CT molecular complexity index is 478. The maximum atomic E-state index is 10.4. The monoisotopic (exact) mass is 285 g/mol. The molecule has 0 saturated heterocycles. The summed E-state index contributed by atoms with van der Waals surface area (Å²) in [6.07, 6.45) is 0. The Morgan fingerprint density at radius 1 is 0.800 bits per heavy atom. The van der Waals surface area contributed by atoms with Crippen LogP contribution < -0.4 is 0 Å². The molecule has 3 N–H and O–H groups in total. The van der Waals surface area contributed by atoms with Crippen molar-refractivity contribution < 1.29 is 38.9 Å². The largest absolute Gasteiger partial charge is 0.351 e. The van der Waals surface area contributed by atoms with E-state index in [4.69, 9.17) is 13.7 Å². The van der Waals surface area contributed by atoms with Crippen molar-refractivity contribution >= 4 is 30.7 Å². The normalized spacial score (nSPS) is 14.4. The topological polar surface area (TPSA) is 166 Å². The van der Waals surface area contributed by atoms with Gasteiger partial charge in [0.05, 0.1) is 12.3 Å². The van der Waals surface area contributed by atoms with Crippen LogP contribution in [0.3, 0.4) is 0 Å². The maximum absolute atomic E-state index is 10.4. The summed E-state index contributed by atoms with van der Waals surface area (Å²) >= 11 is 0. The summed E-state index contributed by atoms with van der Waals surface area (Å²) < 4.78 is 85.7. The predicted molar refractivity (Wildman–Crippen MR) is 46.2 cm³/mol. The van der Waals surface area contributed by atoms with Crippen LogP contribution in [-0.4, -0.2) is 54.9 Å². The minimum absolute atomic E-state index is 0.881. The second-order valence-corrected chi connectivity index (χ2v) is 6.71. The third kappa shape index (κ3) is 5.98. The summed E-state index contributed by atoms with van der Waals surface area (Å²) in [6, 6.07) is 0. The van der Waals surface area contributed by atoms with E-state index in [0.717, 1.165) is 0 Å². The first kappa shape index (κ1) is 14.7. The van der Waals surface area contributed by atoms with Crippen LogP contribution in [0.1, 0.15) is 0 Å². The van der Waals surface area contributed by atoms with E-state index in [1.165, 1.54) is 0 Å². The van der Waals surface area contributed by atoms with Crippen molar-refractivity contribution in [3.63, 3.8) is 0 Å². The van der Waals surface area contributed by atoms with Gasteiger partial charge in [-0.05, 0) is 3.71 Å². The molecule has 0 spiro atoms. The minimum atomic E-state index is -5.33. The van der Waals surface area contributed by atoms with E-state index in [-0.39, 0.29) is 0 Å². The van der Waals surface area contributed by atoms with E-state index in [1.54, 1.807) is 0 Å². The standard InChI is InChI=1S/C2H7NO9S3/c4-13(5,6)2-1-3(14(7,8)9)15(10,11)12/h1-2H2,(H,4,5,6)(H,7,8,9)(H,10,11,12). The second-order valence-electron chi connectivity index (χ2n) is 2.24. The van der Waals surface area contributed by atoms with Crippen LogP contribution in [0.4, 0.5) is 0 Å². The van der Waals surface area contributed by atoms with Crippen molar-refractivity contribution in [3.8, 4) is 0 Å². The number of nitrogens with zero attached hydrogens (tertiary/aromatic N) is 1. The fourth-order valence-electron chi connectivity index (χ4n) is 0.540. The Balaban J connectivity index is 5.05. The molecule has 10 nitrogen and oxygen atoms in total. The highest BCUT2D eigenvalue weighted by molar-refractivity contribution is 7.98. The van der Waals surface area contributed by atoms with Crippen LogP contribution in [0.5, 0.6) is 0 Å². The molecule has 0 saturated carbocycles. The number of rotatable bonds is 5. The van der Waals surface area contributed by atoms with Gasteiger partial charge in [-0.15, -0.1) is 0 Å². The van der Waals surface area contributed by atoms with Gasteiger partial charge in [0.15, 0.2) is 0 Å². The lowest BCUT2D eigenvalue weighted by Gasteiger charge is -2.12. The fourth-order valence-corrected chi connectivity index (χ4v) is 2.78. The Hall–Kier alpha value is -0.310. The minimum Gasteiger partial charge on any atom is -0.286 e. The quantitative estimate of drug-likeness (QED) is 0.474. The SMILES string of the molecule is O=S(=O)(O)CCN(S(=O)(=O)O)S(=O)(=O)O. The van der Waals surface area contributed by atoms with Gasteiger partial charge in [-0.25, -0.2) is 0 Å². The molecule has 0 atom stereocenters. The molecule has 0 bridgehead atoms. The molecule has 0 unspecified atom stereocenters. The molecular weight excluding hydrogens is 278 g/mol. The summed E-state index contributed by atoms with van der Waals surface area (Å²) in [4.78, 5) is 0. The summed E-state index contributed by atoms with van der Waals surface area (Å²) in [7, 11) is -15.3. The highest BCUT2D eigenvalue weighted by atomic mass is 32.3. The highest BCUT2D eigenvalue weighted by Crippen LogP contribution is 2.04. The van der Waals surface area contributed by atoms with Crippen molar-refractivity contribution in [1.82, 2.24) is 3.71 Å². The van der Waals surface area contributed by atoms with Crippen molar-refractivity contribution in [2.45, 2.75) is 0 Å². The molecule has 0 aromatic carbocycles. The lowest BCUT2D eigenvalue weighted by molar-refractivity contribution is 0.388. The molecular formula is C2H7NO9S3.